The Kier molecular flexibility index (Phi) is 5.71. The second kappa shape index (κ2) is 8.35. The topological polar surface area (TPSA) is 78.2 Å². The molecule has 0 saturated carbocycles. The number of carbonyl (C=O) groups is 1. The van der Waals surface area contributed by atoms with Gasteiger partial charge in [0.25, 0.3) is 0 Å². The predicted octanol–water partition coefficient (Wildman–Crippen LogP) is 1.62. The van der Waals surface area contributed by atoms with Crippen LogP contribution in [-0.2, 0) is 24.8 Å². The van der Waals surface area contributed by atoms with Crippen LogP contribution in [0.3, 0.4) is 0 Å². The highest BCUT2D eigenvalue weighted by Gasteiger charge is 2.12. The highest BCUT2D eigenvalue weighted by molar-refractivity contribution is 5.78. The molecule has 140 valence electrons. The number of nitrogens with zero attached hydrogens (tertiary/aromatic N) is 3. The minimum absolute atomic E-state index is 0.0828. The minimum Gasteiger partial charge on any atom is -0.497 e. The van der Waals surface area contributed by atoms with Crippen molar-refractivity contribution >= 4 is 5.91 Å². The monoisotopic (exact) mass is 366 g/mol. The number of nitrogens with one attached hydrogen (secondary N) is 1. The number of ether oxygens (including phenoxy) is 1. The molecular formula is C20H22N4O3. The molecule has 0 aliphatic carbocycles. The molecule has 0 spiro atoms. The molecule has 1 amide bonds. The van der Waals surface area contributed by atoms with Crippen LogP contribution in [0.2, 0.25) is 0 Å². The first-order chi connectivity index (χ1) is 13.1. The molecule has 1 aromatic heterocycles. The summed E-state index contributed by atoms with van der Waals surface area (Å²) in [5.74, 6) is 1.23. The summed E-state index contributed by atoms with van der Waals surface area (Å²) in [6.07, 6.45) is 0.315. The Morgan fingerprint density at radius 3 is 2.48 bits per heavy atom. The van der Waals surface area contributed by atoms with Crippen molar-refractivity contribution in [3.05, 3.63) is 70.6 Å². The van der Waals surface area contributed by atoms with Crippen LogP contribution in [-0.4, -0.2) is 33.9 Å². The van der Waals surface area contributed by atoms with Gasteiger partial charge in [-0.2, -0.15) is 0 Å². The Balaban J connectivity index is 1.62. The van der Waals surface area contributed by atoms with E-state index in [9.17, 15) is 9.59 Å². The number of methoxy groups -OCH3 is 1. The lowest BCUT2D eigenvalue weighted by atomic mass is 10.1. The van der Waals surface area contributed by atoms with Crippen LogP contribution in [0.4, 0.5) is 0 Å². The second-order valence-corrected chi connectivity index (χ2v) is 6.13. The molecule has 7 nitrogen and oxygen atoms in total. The maximum Gasteiger partial charge on any atom is 0.345 e. The van der Waals surface area contributed by atoms with Gasteiger partial charge in [0.15, 0.2) is 5.82 Å². The first-order valence-electron chi connectivity index (χ1n) is 8.67. The molecule has 0 atom stereocenters. The molecule has 0 aliphatic rings. The van der Waals surface area contributed by atoms with Crippen LogP contribution < -0.4 is 15.7 Å². The number of rotatable bonds is 7. The Bertz CT molecular complexity index is 959. The first-order valence-corrected chi connectivity index (χ1v) is 8.67. The summed E-state index contributed by atoms with van der Waals surface area (Å²) in [7, 11) is 3.28. The van der Waals surface area contributed by atoms with Gasteiger partial charge in [0.1, 0.15) is 5.75 Å². The van der Waals surface area contributed by atoms with Crippen LogP contribution >= 0.6 is 0 Å². The predicted molar refractivity (Wildman–Crippen MR) is 103 cm³/mol. The molecule has 0 radical (unpaired) electrons. The summed E-state index contributed by atoms with van der Waals surface area (Å²) in [6.45, 7) is 0.647. The van der Waals surface area contributed by atoms with Gasteiger partial charge in [-0.25, -0.2) is 9.48 Å². The number of aromatic nitrogens is 3. The Labute approximate surface area is 157 Å². The molecule has 0 saturated heterocycles. The standard InChI is InChI=1S/C20H22N4O3/c1-23-19(16-8-10-17(27-2)11-9-16)22-24(20(23)26)13-12-21-18(25)14-15-6-4-3-5-7-15/h3-11H,12-14H2,1-2H3,(H,21,25). The molecule has 7 heteroatoms. The summed E-state index contributed by atoms with van der Waals surface area (Å²) in [4.78, 5) is 24.4. The number of carbonyl (C=O) groups excluding carboxylic acids is 1. The van der Waals surface area contributed by atoms with Crippen molar-refractivity contribution < 1.29 is 9.53 Å². The van der Waals surface area contributed by atoms with Gasteiger partial charge in [-0.1, -0.05) is 30.3 Å². The lowest BCUT2D eigenvalue weighted by Crippen LogP contribution is -2.32. The zero-order valence-corrected chi connectivity index (χ0v) is 15.4. The summed E-state index contributed by atoms with van der Waals surface area (Å²) >= 11 is 0. The number of amides is 1. The molecule has 2 aromatic carbocycles. The van der Waals surface area contributed by atoms with Gasteiger partial charge in [-0.15, -0.1) is 5.10 Å². The molecule has 3 aromatic rings. The van der Waals surface area contributed by atoms with Crippen LogP contribution in [0, 0.1) is 0 Å². The maximum atomic E-state index is 12.4. The van der Waals surface area contributed by atoms with Crippen LogP contribution in [0.1, 0.15) is 5.56 Å². The van der Waals surface area contributed by atoms with Crippen LogP contribution in [0.25, 0.3) is 11.4 Å². The zero-order chi connectivity index (χ0) is 19.2. The number of hydrogen-bond acceptors (Lipinski definition) is 4. The average molecular weight is 366 g/mol. The molecule has 0 aliphatic heterocycles. The van der Waals surface area contributed by atoms with E-state index >= 15 is 0 Å². The molecular weight excluding hydrogens is 344 g/mol. The van der Waals surface area contributed by atoms with E-state index in [2.05, 4.69) is 10.4 Å². The highest BCUT2D eigenvalue weighted by Crippen LogP contribution is 2.19. The average Bonchev–Trinajstić information content (AvgIpc) is 2.97. The summed E-state index contributed by atoms with van der Waals surface area (Å²) in [5, 5.41) is 7.22. The molecule has 1 heterocycles. The van der Waals surface area contributed by atoms with Crippen molar-refractivity contribution in [2.75, 3.05) is 13.7 Å². The van der Waals surface area contributed by atoms with E-state index in [1.54, 1.807) is 14.2 Å². The summed E-state index contributed by atoms with van der Waals surface area (Å²) < 4.78 is 8.01. The van der Waals surface area contributed by atoms with E-state index in [0.717, 1.165) is 16.9 Å². The van der Waals surface area contributed by atoms with Gasteiger partial charge < -0.3 is 10.1 Å². The fourth-order valence-electron chi connectivity index (χ4n) is 2.77. The lowest BCUT2D eigenvalue weighted by Gasteiger charge is -2.05. The molecule has 0 fully saturated rings. The van der Waals surface area contributed by atoms with Gasteiger partial charge in [0.2, 0.25) is 5.91 Å². The quantitative estimate of drug-likeness (QED) is 0.689. The van der Waals surface area contributed by atoms with Gasteiger partial charge in [-0.3, -0.25) is 9.36 Å². The molecule has 0 bridgehead atoms. The van der Waals surface area contributed by atoms with Crippen molar-refractivity contribution in [3.8, 4) is 17.1 Å². The third-order valence-electron chi connectivity index (χ3n) is 4.24. The smallest absolute Gasteiger partial charge is 0.345 e. The van der Waals surface area contributed by atoms with Crippen molar-refractivity contribution in [1.82, 2.24) is 19.7 Å². The minimum atomic E-state index is -0.224. The van der Waals surface area contributed by atoms with Crippen LogP contribution in [0.5, 0.6) is 5.75 Å². The van der Waals surface area contributed by atoms with Gasteiger partial charge in [0, 0.05) is 19.2 Å². The van der Waals surface area contributed by atoms with E-state index in [0.29, 0.717) is 25.3 Å². The molecule has 1 N–H and O–H groups in total. The number of benzene rings is 2. The Hall–Kier alpha value is -3.35. The SMILES string of the molecule is COc1ccc(-c2nn(CCNC(=O)Cc3ccccc3)c(=O)n2C)cc1. The fraction of sp³-hybridized carbons (Fsp3) is 0.250. The third kappa shape index (κ3) is 4.44. The van der Waals surface area contributed by atoms with Gasteiger partial charge in [0.05, 0.1) is 20.1 Å². The van der Waals surface area contributed by atoms with Crippen molar-refractivity contribution in [2.45, 2.75) is 13.0 Å². The van der Waals surface area contributed by atoms with E-state index in [1.807, 2.05) is 54.6 Å². The van der Waals surface area contributed by atoms with Crippen molar-refractivity contribution in [3.63, 3.8) is 0 Å². The molecule has 0 unspecified atom stereocenters. The first kappa shape index (κ1) is 18.4. The zero-order valence-electron chi connectivity index (χ0n) is 15.4. The van der Waals surface area contributed by atoms with Crippen molar-refractivity contribution in [2.24, 2.45) is 7.05 Å². The van der Waals surface area contributed by atoms with Crippen LogP contribution in [0.15, 0.2) is 59.4 Å². The summed E-state index contributed by atoms with van der Waals surface area (Å²) in [6, 6.07) is 16.9. The Morgan fingerprint density at radius 2 is 1.81 bits per heavy atom. The normalized spacial score (nSPS) is 10.6. The maximum absolute atomic E-state index is 12.4. The second-order valence-electron chi connectivity index (χ2n) is 6.13. The van der Waals surface area contributed by atoms with E-state index in [1.165, 1.54) is 9.25 Å². The Morgan fingerprint density at radius 1 is 1.11 bits per heavy atom. The largest absolute Gasteiger partial charge is 0.497 e. The highest BCUT2D eigenvalue weighted by atomic mass is 16.5. The summed E-state index contributed by atoms with van der Waals surface area (Å²) in [5.41, 5.74) is 1.55. The number of hydrogen-bond donors (Lipinski definition) is 1. The van der Waals surface area contributed by atoms with Gasteiger partial charge >= 0.3 is 5.69 Å². The van der Waals surface area contributed by atoms with E-state index in [-0.39, 0.29) is 11.6 Å². The third-order valence-corrected chi connectivity index (χ3v) is 4.24. The van der Waals surface area contributed by atoms with E-state index < -0.39 is 0 Å². The fourth-order valence-corrected chi connectivity index (χ4v) is 2.77. The lowest BCUT2D eigenvalue weighted by molar-refractivity contribution is -0.120. The van der Waals surface area contributed by atoms with Gasteiger partial charge in [-0.05, 0) is 29.8 Å². The molecule has 3 rings (SSSR count). The molecule has 27 heavy (non-hydrogen) atoms. The van der Waals surface area contributed by atoms with E-state index in [4.69, 9.17) is 4.74 Å². The van der Waals surface area contributed by atoms with Crippen molar-refractivity contribution in [1.29, 1.82) is 0 Å².